The van der Waals surface area contributed by atoms with E-state index in [0.717, 1.165) is 41.9 Å². The van der Waals surface area contributed by atoms with E-state index in [0.29, 0.717) is 0 Å². The molecule has 1 fully saturated rings. The van der Waals surface area contributed by atoms with Crippen molar-refractivity contribution in [2.45, 2.75) is 18.9 Å². The molecule has 1 aromatic carbocycles. The molecule has 7 nitrogen and oxygen atoms in total. The van der Waals surface area contributed by atoms with Crippen molar-refractivity contribution in [1.29, 1.82) is 0 Å². The Bertz CT molecular complexity index is 875. The van der Waals surface area contributed by atoms with Crippen LogP contribution in [0.2, 0.25) is 0 Å². The lowest BCUT2D eigenvalue weighted by atomic mass is 10.2. The Morgan fingerprint density at radius 1 is 1.25 bits per heavy atom. The number of para-hydroxylation sites is 1. The Morgan fingerprint density at radius 2 is 2.08 bits per heavy atom. The van der Waals surface area contributed by atoms with Crippen LogP contribution >= 0.6 is 0 Å². The van der Waals surface area contributed by atoms with Crippen molar-refractivity contribution in [2.75, 3.05) is 16.8 Å². The van der Waals surface area contributed by atoms with Crippen LogP contribution in [0, 0.1) is 0 Å². The number of amides is 1. The van der Waals surface area contributed by atoms with Crippen LogP contribution in [0.4, 0.5) is 11.5 Å². The molecule has 7 heteroatoms. The van der Waals surface area contributed by atoms with Crippen molar-refractivity contribution in [3.63, 3.8) is 0 Å². The highest BCUT2D eigenvalue weighted by Crippen LogP contribution is 2.29. The molecule has 1 aliphatic rings. The number of nitrogens with one attached hydrogen (secondary N) is 1. The summed E-state index contributed by atoms with van der Waals surface area (Å²) in [6.07, 6.45) is 5.06. The second-order valence-electron chi connectivity index (χ2n) is 5.91. The van der Waals surface area contributed by atoms with Crippen LogP contribution < -0.4 is 10.2 Å². The van der Waals surface area contributed by atoms with Crippen LogP contribution in [-0.4, -0.2) is 38.2 Å². The number of aryl methyl sites for hydroxylation is 1. The van der Waals surface area contributed by atoms with Gasteiger partial charge in [-0.15, -0.1) is 0 Å². The SMILES string of the molecule is Cn1ncc2c(N3CCC[C@H]3C(=O)Nc3ccccc3)ncnc21. The molecule has 0 bridgehead atoms. The molecule has 122 valence electrons. The number of carbonyl (C=O) groups excluding carboxylic acids is 1. The minimum atomic E-state index is -0.233. The molecule has 3 aromatic rings. The van der Waals surface area contributed by atoms with Gasteiger partial charge >= 0.3 is 0 Å². The lowest BCUT2D eigenvalue weighted by molar-refractivity contribution is -0.117. The molecule has 0 aliphatic carbocycles. The van der Waals surface area contributed by atoms with Crippen LogP contribution in [0.3, 0.4) is 0 Å². The van der Waals surface area contributed by atoms with Crippen LogP contribution in [0.5, 0.6) is 0 Å². The Balaban J connectivity index is 1.63. The predicted molar refractivity (Wildman–Crippen MR) is 91.7 cm³/mol. The number of fused-ring (bicyclic) bond motifs is 1. The molecule has 0 spiro atoms. The van der Waals surface area contributed by atoms with Crippen molar-refractivity contribution in [1.82, 2.24) is 19.7 Å². The quantitative estimate of drug-likeness (QED) is 0.798. The number of rotatable bonds is 3. The van der Waals surface area contributed by atoms with Gasteiger partial charge in [-0.05, 0) is 25.0 Å². The first kappa shape index (κ1) is 14.6. The highest BCUT2D eigenvalue weighted by Gasteiger charge is 2.33. The summed E-state index contributed by atoms with van der Waals surface area (Å²) in [6, 6.07) is 9.29. The molecule has 0 unspecified atom stereocenters. The molecular formula is C17H18N6O. The number of anilines is 2. The minimum absolute atomic E-state index is 0.00523. The van der Waals surface area contributed by atoms with Crippen LogP contribution in [0.25, 0.3) is 11.0 Å². The van der Waals surface area contributed by atoms with Crippen LogP contribution in [0.15, 0.2) is 42.9 Å². The Morgan fingerprint density at radius 3 is 2.92 bits per heavy atom. The molecule has 1 amide bonds. The van der Waals surface area contributed by atoms with Gasteiger partial charge in [0.25, 0.3) is 0 Å². The van der Waals surface area contributed by atoms with Crippen molar-refractivity contribution >= 4 is 28.4 Å². The van der Waals surface area contributed by atoms with Crippen LogP contribution in [-0.2, 0) is 11.8 Å². The monoisotopic (exact) mass is 322 g/mol. The van der Waals surface area contributed by atoms with Crippen molar-refractivity contribution in [3.05, 3.63) is 42.9 Å². The zero-order valence-corrected chi connectivity index (χ0v) is 13.4. The maximum atomic E-state index is 12.7. The van der Waals surface area contributed by atoms with Gasteiger partial charge < -0.3 is 10.2 Å². The van der Waals surface area contributed by atoms with Gasteiger partial charge in [-0.1, -0.05) is 18.2 Å². The molecule has 1 N–H and O–H groups in total. The van der Waals surface area contributed by atoms with Crippen molar-refractivity contribution in [2.24, 2.45) is 7.05 Å². The third-order valence-corrected chi connectivity index (χ3v) is 4.38. The second-order valence-corrected chi connectivity index (χ2v) is 5.91. The Hall–Kier alpha value is -2.96. The van der Waals surface area contributed by atoms with Gasteiger partial charge in [-0.3, -0.25) is 9.48 Å². The van der Waals surface area contributed by atoms with Gasteiger partial charge in [0.15, 0.2) is 5.65 Å². The molecule has 4 rings (SSSR count). The molecule has 2 aromatic heterocycles. The van der Waals surface area contributed by atoms with Gasteiger partial charge in [0.05, 0.1) is 11.6 Å². The fourth-order valence-corrected chi connectivity index (χ4v) is 3.22. The summed E-state index contributed by atoms with van der Waals surface area (Å²) in [6.45, 7) is 0.799. The zero-order valence-electron chi connectivity index (χ0n) is 13.4. The lowest BCUT2D eigenvalue weighted by Crippen LogP contribution is -2.40. The van der Waals surface area contributed by atoms with E-state index >= 15 is 0 Å². The van der Waals surface area contributed by atoms with Crippen molar-refractivity contribution < 1.29 is 4.79 Å². The Kier molecular flexibility index (Phi) is 3.60. The van der Waals surface area contributed by atoms with Crippen molar-refractivity contribution in [3.8, 4) is 0 Å². The first-order valence-corrected chi connectivity index (χ1v) is 7.99. The standard InChI is InChI=1S/C17H18N6O/c1-22-15-13(10-20-22)16(19-11-18-15)23-9-5-8-14(23)17(24)21-12-6-3-2-4-7-12/h2-4,6-7,10-11,14H,5,8-9H2,1H3,(H,21,24)/t14-/m0/s1. The van der Waals surface area contributed by atoms with E-state index < -0.39 is 0 Å². The molecule has 24 heavy (non-hydrogen) atoms. The first-order chi connectivity index (χ1) is 11.7. The number of carbonyl (C=O) groups is 1. The first-order valence-electron chi connectivity index (χ1n) is 7.99. The van der Waals surface area contributed by atoms with Gasteiger partial charge in [-0.2, -0.15) is 5.10 Å². The summed E-state index contributed by atoms with van der Waals surface area (Å²) < 4.78 is 1.72. The Labute approximate surface area is 139 Å². The highest BCUT2D eigenvalue weighted by molar-refractivity contribution is 5.98. The third kappa shape index (κ3) is 2.47. The molecule has 0 radical (unpaired) electrons. The number of aromatic nitrogens is 4. The summed E-state index contributed by atoms with van der Waals surface area (Å²) >= 11 is 0. The highest BCUT2D eigenvalue weighted by atomic mass is 16.2. The maximum Gasteiger partial charge on any atom is 0.247 e. The van der Waals surface area contributed by atoms with E-state index in [1.165, 1.54) is 6.33 Å². The number of nitrogens with zero attached hydrogens (tertiary/aromatic N) is 5. The summed E-state index contributed by atoms with van der Waals surface area (Å²) in [5.74, 6) is 0.771. The summed E-state index contributed by atoms with van der Waals surface area (Å²) in [5.41, 5.74) is 1.58. The molecule has 1 atom stereocenters. The second kappa shape index (κ2) is 5.92. The molecule has 1 saturated heterocycles. The minimum Gasteiger partial charge on any atom is -0.344 e. The van der Waals surface area contributed by atoms with Gasteiger partial charge in [-0.25, -0.2) is 9.97 Å². The van der Waals surface area contributed by atoms with E-state index in [4.69, 9.17) is 0 Å². The predicted octanol–water partition coefficient (Wildman–Crippen LogP) is 1.97. The van der Waals surface area contributed by atoms with Gasteiger partial charge in [0, 0.05) is 19.3 Å². The van der Waals surface area contributed by atoms with E-state index in [1.807, 2.05) is 37.4 Å². The van der Waals surface area contributed by atoms with E-state index in [1.54, 1.807) is 10.9 Å². The third-order valence-electron chi connectivity index (χ3n) is 4.38. The summed E-state index contributed by atoms with van der Waals surface area (Å²) in [5, 5.41) is 8.12. The largest absolute Gasteiger partial charge is 0.344 e. The number of hydrogen-bond acceptors (Lipinski definition) is 5. The zero-order chi connectivity index (χ0) is 16.5. The van der Waals surface area contributed by atoms with E-state index in [9.17, 15) is 4.79 Å². The lowest BCUT2D eigenvalue weighted by Gasteiger charge is -2.25. The normalized spacial score (nSPS) is 17.4. The maximum absolute atomic E-state index is 12.7. The fourth-order valence-electron chi connectivity index (χ4n) is 3.22. The molecule has 3 heterocycles. The van der Waals surface area contributed by atoms with E-state index in [2.05, 4.69) is 25.3 Å². The van der Waals surface area contributed by atoms with E-state index in [-0.39, 0.29) is 11.9 Å². The number of benzene rings is 1. The molecular weight excluding hydrogens is 304 g/mol. The number of hydrogen-bond donors (Lipinski definition) is 1. The fraction of sp³-hybridized carbons (Fsp3) is 0.294. The van der Waals surface area contributed by atoms with Gasteiger partial charge in [0.2, 0.25) is 5.91 Å². The average molecular weight is 322 g/mol. The smallest absolute Gasteiger partial charge is 0.247 e. The van der Waals surface area contributed by atoms with Crippen LogP contribution in [0.1, 0.15) is 12.8 Å². The summed E-state index contributed by atoms with van der Waals surface area (Å²) in [4.78, 5) is 23.5. The summed E-state index contributed by atoms with van der Waals surface area (Å²) in [7, 11) is 1.85. The molecule has 1 aliphatic heterocycles. The average Bonchev–Trinajstić information content (AvgIpc) is 3.23. The topological polar surface area (TPSA) is 75.9 Å². The van der Waals surface area contributed by atoms with Gasteiger partial charge in [0.1, 0.15) is 18.2 Å². The molecule has 0 saturated carbocycles.